The van der Waals surface area contributed by atoms with Crippen LogP contribution in [-0.4, -0.2) is 0 Å². The molecule has 0 aromatic heterocycles. The van der Waals surface area contributed by atoms with Crippen LogP contribution in [0.5, 0.6) is 0 Å². The number of rotatable bonds is 4. The second kappa shape index (κ2) is 10.1. The van der Waals surface area contributed by atoms with Gasteiger partial charge in [-0.3, -0.25) is 0 Å². The van der Waals surface area contributed by atoms with Crippen LogP contribution >= 0.6 is 7.80 Å². The SMILES string of the molecule is O=[P+]1c2cc(-c3ccccc3)ccc2-c2cc3c(cc21)-c1ccc(-c2ccccc2)cc1C3(c1ccccc1)c1ccccc1. The van der Waals surface area contributed by atoms with Crippen LogP contribution in [0.3, 0.4) is 0 Å². The van der Waals surface area contributed by atoms with E-state index < -0.39 is 13.2 Å². The third-order valence-corrected chi connectivity index (χ3v) is 11.2. The quantitative estimate of drug-likeness (QED) is 0.186. The molecule has 0 saturated heterocycles. The molecule has 2 heteroatoms. The van der Waals surface area contributed by atoms with Crippen molar-refractivity contribution < 1.29 is 4.57 Å². The van der Waals surface area contributed by atoms with Crippen LogP contribution in [0, 0.1) is 0 Å². The summed E-state index contributed by atoms with van der Waals surface area (Å²) in [4.78, 5) is 0. The molecule has 0 radical (unpaired) electrons. The second-order valence-corrected chi connectivity index (χ2v) is 13.5. The fourth-order valence-corrected chi connectivity index (χ4v) is 9.16. The van der Waals surface area contributed by atoms with Gasteiger partial charge in [0, 0.05) is 23.3 Å². The van der Waals surface area contributed by atoms with Gasteiger partial charge in [0.1, 0.15) is 0 Å². The first-order valence-electron chi connectivity index (χ1n) is 15.4. The summed E-state index contributed by atoms with van der Waals surface area (Å²) in [5.41, 5.74) is 13.5. The maximum Gasteiger partial charge on any atom is 0.416 e. The maximum atomic E-state index is 14.3. The molecule has 1 nitrogen and oxygen atoms in total. The standard InChI is InChI=1S/C43H28OP/c44-45-41-26-32(30-15-7-2-8-16-30)22-24-36(41)38-27-40-37(28-42(38)45)35-23-21-31(29-13-5-1-6-14-29)25-39(35)43(40,33-17-9-3-10-18-33)34-19-11-4-12-20-34/h1-28H/q+1. The van der Waals surface area contributed by atoms with Crippen molar-refractivity contribution in [2.75, 3.05) is 0 Å². The molecular formula is C43H28OP+. The first-order chi connectivity index (χ1) is 22.2. The van der Waals surface area contributed by atoms with Crippen molar-refractivity contribution in [2.24, 2.45) is 0 Å². The first kappa shape index (κ1) is 26.1. The smallest absolute Gasteiger partial charge is 0.0622 e. The largest absolute Gasteiger partial charge is 0.416 e. The van der Waals surface area contributed by atoms with E-state index in [1.54, 1.807) is 0 Å². The van der Waals surface area contributed by atoms with Crippen molar-refractivity contribution >= 4 is 18.4 Å². The summed E-state index contributed by atoms with van der Waals surface area (Å²) in [6, 6.07) is 60.7. The van der Waals surface area contributed by atoms with Gasteiger partial charge in [0.25, 0.3) is 0 Å². The molecule has 0 fully saturated rings. The van der Waals surface area contributed by atoms with Crippen molar-refractivity contribution in [1.29, 1.82) is 0 Å². The van der Waals surface area contributed by atoms with Crippen molar-refractivity contribution in [1.82, 2.24) is 0 Å². The Morgan fingerprint density at radius 2 is 0.822 bits per heavy atom. The lowest BCUT2D eigenvalue weighted by atomic mass is 9.67. The van der Waals surface area contributed by atoms with Crippen LogP contribution in [-0.2, 0) is 9.98 Å². The van der Waals surface area contributed by atoms with Crippen LogP contribution < -0.4 is 10.6 Å². The molecule has 1 heterocycles. The predicted molar refractivity (Wildman–Crippen MR) is 187 cm³/mol. The van der Waals surface area contributed by atoms with Gasteiger partial charge in [-0.2, -0.15) is 0 Å². The van der Waals surface area contributed by atoms with E-state index in [2.05, 4.69) is 164 Å². The topological polar surface area (TPSA) is 17.1 Å². The van der Waals surface area contributed by atoms with Gasteiger partial charge in [-0.25, -0.2) is 0 Å². The summed E-state index contributed by atoms with van der Waals surface area (Å²) >= 11 is 0. The monoisotopic (exact) mass is 591 g/mol. The molecular weight excluding hydrogens is 563 g/mol. The van der Waals surface area contributed by atoms with Gasteiger partial charge in [0.2, 0.25) is 10.6 Å². The normalized spacial score (nSPS) is 14.4. The molecule has 0 saturated carbocycles. The zero-order chi connectivity index (χ0) is 30.0. The Labute approximate surface area is 264 Å². The molecule has 0 amide bonds. The van der Waals surface area contributed by atoms with E-state index in [1.807, 2.05) is 6.07 Å². The Kier molecular flexibility index (Phi) is 5.85. The summed E-state index contributed by atoms with van der Waals surface area (Å²) in [6.45, 7) is 0. The van der Waals surface area contributed by atoms with Gasteiger partial charge in [-0.15, -0.1) is 0 Å². The molecule has 7 aromatic rings. The zero-order valence-corrected chi connectivity index (χ0v) is 25.4. The summed E-state index contributed by atoms with van der Waals surface area (Å²) in [5.74, 6) is 0. The van der Waals surface area contributed by atoms with E-state index in [-0.39, 0.29) is 0 Å². The lowest BCUT2D eigenvalue weighted by Gasteiger charge is -2.34. The third-order valence-electron chi connectivity index (χ3n) is 9.61. The lowest BCUT2D eigenvalue weighted by molar-refractivity contribution is 0.598. The van der Waals surface area contributed by atoms with Crippen LogP contribution in [0.4, 0.5) is 0 Å². The molecule has 1 atom stereocenters. The van der Waals surface area contributed by atoms with Gasteiger partial charge >= 0.3 is 7.80 Å². The summed E-state index contributed by atoms with van der Waals surface area (Å²) in [7, 11) is -1.73. The Bertz CT molecular complexity index is 2220. The van der Waals surface area contributed by atoms with Gasteiger partial charge < -0.3 is 0 Å². The van der Waals surface area contributed by atoms with Gasteiger partial charge in [-0.1, -0.05) is 144 Å². The predicted octanol–water partition coefficient (Wildman–Crippen LogP) is 10.1. The van der Waals surface area contributed by atoms with E-state index >= 15 is 0 Å². The maximum absolute atomic E-state index is 14.3. The van der Waals surface area contributed by atoms with E-state index in [0.29, 0.717) is 0 Å². The highest BCUT2D eigenvalue weighted by atomic mass is 31.1. The van der Waals surface area contributed by atoms with Crippen LogP contribution in [0.15, 0.2) is 170 Å². The lowest BCUT2D eigenvalue weighted by Crippen LogP contribution is -2.28. The van der Waals surface area contributed by atoms with Crippen molar-refractivity contribution in [3.63, 3.8) is 0 Å². The van der Waals surface area contributed by atoms with Crippen molar-refractivity contribution in [2.45, 2.75) is 5.41 Å². The first-order valence-corrected chi connectivity index (χ1v) is 16.7. The van der Waals surface area contributed by atoms with E-state index in [9.17, 15) is 4.57 Å². The molecule has 0 spiro atoms. The number of benzene rings is 7. The number of hydrogen-bond donors (Lipinski definition) is 0. The van der Waals surface area contributed by atoms with Gasteiger partial charge in [-0.05, 0) is 73.8 Å². The minimum absolute atomic E-state index is 0.536. The van der Waals surface area contributed by atoms with E-state index in [1.165, 1.54) is 38.9 Å². The molecule has 0 bridgehead atoms. The van der Waals surface area contributed by atoms with Crippen LogP contribution in [0.2, 0.25) is 0 Å². The van der Waals surface area contributed by atoms with Crippen LogP contribution in [0.1, 0.15) is 22.3 Å². The molecule has 45 heavy (non-hydrogen) atoms. The number of hydrogen-bond acceptors (Lipinski definition) is 1. The fraction of sp³-hybridized carbons (Fsp3) is 0.0233. The summed E-state index contributed by atoms with van der Waals surface area (Å²) < 4.78 is 14.3. The highest BCUT2D eigenvalue weighted by Crippen LogP contribution is 2.58. The minimum Gasteiger partial charge on any atom is -0.0622 e. The molecule has 1 aliphatic carbocycles. The highest BCUT2D eigenvalue weighted by molar-refractivity contribution is 7.63. The van der Waals surface area contributed by atoms with E-state index in [0.717, 1.165) is 38.4 Å². The molecule has 9 rings (SSSR count). The van der Waals surface area contributed by atoms with Crippen molar-refractivity contribution in [3.8, 4) is 44.5 Å². The van der Waals surface area contributed by atoms with E-state index in [4.69, 9.17) is 0 Å². The van der Waals surface area contributed by atoms with Crippen LogP contribution in [0.25, 0.3) is 44.5 Å². The summed E-state index contributed by atoms with van der Waals surface area (Å²) in [6.07, 6.45) is 0. The van der Waals surface area contributed by atoms with Crippen molar-refractivity contribution in [3.05, 3.63) is 192 Å². The Morgan fingerprint density at radius 3 is 1.40 bits per heavy atom. The summed E-state index contributed by atoms with van der Waals surface area (Å²) in [5, 5.41) is 1.86. The molecule has 1 unspecified atom stereocenters. The van der Waals surface area contributed by atoms with Gasteiger partial charge in [0.15, 0.2) is 0 Å². The number of fused-ring (bicyclic) bond motifs is 6. The Morgan fingerprint density at radius 1 is 0.356 bits per heavy atom. The minimum atomic E-state index is -1.73. The van der Waals surface area contributed by atoms with Gasteiger partial charge in [0.05, 0.1) is 5.41 Å². The third kappa shape index (κ3) is 3.81. The average molecular weight is 592 g/mol. The fourth-order valence-electron chi connectivity index (χ4n) is 7.58. The zero-order valence-electron chi connectivity index (χ0n) is 24.5. The second-order valence-electron chi connectivity index (χ2n) is 11.9. The molecule has 210 valence electrons. The molecule has 1 aliphatic heterocycles. The molecule has 2 aliphatic rings. The molecule has 7 aromatic carbocycles. The average Bonchev–Trinajstić information content (AvgIpc) is 3.56. The Balaban J connectivity index is 1.34. The molecule has 0 N–H and O–H groups in total. The highest BCUT2D eigenvalue weighted by Gasteiger charge is 2.49. The Hall–Kier alpha value is -5.36.